The van der Waals surface area contributed by atoms with E-state index >= 15 is 0 Å². The van der Waals surface area contributed by atoms with Crippen molar-refractivity contribution in [2.75, 3.05) is 27.0 Å². The predicted molar refractivity (Wildman–Crippen MR) is 54.2 cm³/mol. The van der Waals surface area contributed by atoms with E-state index in [-0.39, 0.29) is 12.6 Å². The number of hydrogen-bond acceptors (Lipinski definition) is 4. The normalized spacial score (nSPS) is 10.0. The van der Waals surface area contributed by atoms with Crippen LogP contribution in [0.4, 0.5) is 0 Å². The van der Waals surface area contributed by atoms with Gasteiger partial charge in [-0.15, -0.1) is 0 Å². The van der Waals surface area contributed by atoms with Crippen molar-refractivity contribution in [2.24, 2.45) is 0 Å². The highest BCUT2D eigenvalue weighted by Gasteiger charge is 2.13. The van der Waals surface area contributed by atoms with Gasteiger partial charge in [0.15, 0.2) is 0 Å². The van der Waals surface area contributed by atoms with E-state index in [1.165, 1.54) is 4.90 Å². The molecule has 0 bridgehead atoms. The van der Waals surface area contributed by atoms with Gasteiger partial charge < -0.3 is 14.7 Å². The van der Waals surface area contributed by atoms with Crippen LogP contribution in [0, 0.1) is 0 Å². The number of rotatable bonds is 5. The van der Waals surface area contributed by atoms with E-state index < -0.39 is 0 Å². The maximum Gasteiger partial charge on any atom is 0.255 e. The second-order valence-electron chi connectivity index (χ2n) is 2.94. The monoisotopic (exact) mass is 210 g/mol. The summed E-state index contributed by atoms with van der Waals surface area (Å²) in [6.45, 7) is 0.454. The number of nitrogens with zero attached hydrogens (tertiary/aromatic N) is 2. The summed E-state index contributed by atoms with van der Waals surface area (Å²) in [5, 5.41) is 9.02. The van der Waals surface area contributed by atoms with E-state index in [1.54, 1.807) is 31.6 Å². The van der Waals surface area contributed by atoms with Crippen LogP contribution in [0.3, 0.4) is 0 Å². The number of pyridine rings is 1. The highest BCUT2D eigenvalue weighted by molar-refractivity contribution is 5.93. The van der Waals surface area contributed by atoms with E-state index in [2.05, 4.69) is 4.98 Å². The lowest BCUT2D eigenvalue weighted by atomic mass is 10.2. The number of carbonyl (C=O) groups is 1. The zero-order valence-electron chi connectivity index (χ0n) is 8.59. The molecule has 0 atom stereocenters. The molecule has 0 fully saturated rings. The first-order valence-corrected chi connectivity index (χ1v) is 4.58. The molecule has 82 valence electrons. The summed E-state index contributed by atoms with van der Waals surface area (Å²) < 4.78 is 4.84. The molecule has 1 N–H and O–H groups in total. The van der Waals surface area contributed by atoms with Gasteiger partial charge in [0.25, 0.3) is 5.91 Å². The van der Waals surface area contributed by atoms with E-state index in [4.69, 9.17) is 9.84 Å². The molecule has 1 amide bonds. The molecule has 0 aromatic carbocycles. The quantitative estimate of drug-likeness (QED) is 0.701. The minimum absolute atomic E-state index is 0.225. The smallest absolute Gasteiger partial charge is 0.255 e. The van der Waals surface area contributed by atoms with Gasteiger partial charge in [-0.05, 0) is 12.1 Å². The van der Waals surface area contributed by atoms with Crippen molar-refractivity contribution in [3.8, 4) is 0 Å². The number of aromatic nitrogens is 1. The first-order valence-electron chi connectivity index (χ1n) is 4.58. The lowest BCUT2D eigenvalue weighted by molar-refractivity contribution is 0.0464. The first kappa shape index (κ1) is 11.6. The molecule has 1 aromatic rings. The average Bonchev–Trinajstić information content (AvgIpc) is 2.31. The molecule has 1 aromatic heterocycles. The standard InChI is InChI=1S/C10H14N2O3/c1-15-7-6-12(8-13)10(14)9-2-4-11-5-3-9/h2-5,13H,6-8H2,1H3. The fourth-order valence-electron chi connectivity index (χ4n) is 1.12. The fourth-order valence-corrected chi connectivity index (χ4v) is 1.12. The van der Waals surface area contributed by atoms with Crippen LogP contribution in [0.5, 0.6) is 0 Å². The molecule has 15 heavy (non-hydrogen) atoms. The summed E-state index contributed by atoms with van der Waals surface area (Å²) >= 11 is 0. The molecule has 0 spiro atoms. The van der Waals surface area contributed by atoms with Crippen LogP contribution in [0.2, 0.25) is 0 Å². The van der Waals surface area contributed by atoms with Crippen molar-refractivity contribution in [1.29, 1.82) is 0 Å². The summed E-state index contributed by atoms with van der Waals surface area (Å²) in [5.41, 5.74) is 0.509. The molecule has 5 nitrogen and oxygen atoms in total. The van der Waals surface area contributed by atoms with Crippen LogP contribution in [0.25, 0.3) is 0 Å². The van der Waals surface area contributed by atoms with Crippen LogP contribution < -0.4 is 0 Å². The summed E-state index contributed by atoms with van der Waals surface area (Å²) in [6.07, 6.45) is 3.08. The lowest BCUT2D eigenvalue weighted by Crippen LogP contribution is -2.34. The van der Waals surface area contributed by atoms with E-state index in [0.717, 1.165) is 0 Å². The molecule has 0 aliphatic rings. The SMILES string of the molecule is COCCN(CO)C(=O)c1ccncc1. The molecule has 0 radical (unpaired) electrons. The molecule has 0 aliphatic heterocycles. The lowest BCUT2D eigenvalue weighted by Gasteiger charge is -2.19. The van der Waals surface area contributed by atoms with Gasteiger partial charge in [-0.3, -0.25) is 9.78 Å². The largest absolute Gasteiger partial charge is 0.383 e. The Hall–Kier alpha value is -1.46. The molecule has 0 unspecified atom stereocenters. The van der Waals surface area contributed by atoms with Gasteiger partial charge in [0.05, 0.1) is 6.61 Å². The van der Waals surface area contributed by atoms with Crippen LogP contribution in [-0.2, 0) is 4.74 Å². The van der Waals surface area contributed by atoms with Crippen molar-refractivity contribution in [3.05, 3.63) is 30.1 Å². The van der Waals surface area contributed by atoms with Gasteiger partial charge in [-0.25, -0.2) is 0 Å². The Morgan fingerprint density at radius 3 is 2.73 bits per heavy atom. The Balaban J connectivity index is 2.65. The van der Waals surface area contributed by atoms with Gasteiger partial charge in [0.2, 0.25) is 0 Å². The molecular formula is C10H14N2O3. The van der Waals surface area contributed by atoms with E-state index in [9.17, 15) is 4.79 Å². The third-order valence-corrected chi connectivity index (χ3v) is 1.95. The van der Waals surface area contributed by atoms with Crippen LogP contribution in [0.1, 0.15) is 10.4 Å². The third-order valence-electron chi connectivity index (χ3n) is 1.95. The van der Waals surface area contributed by atoms with Gasteiger partial charge in [-0.2, -0.15) is 0 Å². The maximum absolute atomic E-state index is 11.8. The highest BCUT2D eigenvalue weighted by Crippen LogP contribution is 2.02. The number of amides is 1. The van der Waals surface area contributed by atoms with Crippen molar-refractivity contribution in [2.45, 2.75) is 0 Å². The molecule has 5 heteroatoms. The van der Waals surface area contributed by atoms with E-state index in [1.807, 2.05) is 0 Å². The summed E-state index contributed by atoms with van der Waals surface area (Å²) in [4.78, 5) is 16.9. The van der Waals surface area contributed by atoms with Gasteiger partial charge >= 0.3 is 0 Å². The summed E-state index contributed by atoms with van der Waals surface area (Å²) in [6, 6.07) is 3.22. The third kappa shape index (κ3) is 3.30. The van der Waals surface area contributed by atoms with Crippen LogP contribution >= 0.6 is 0 Å². The average molecular weight is 210 g/mol. The van der Waals surface area contributed by atoms with Crippen LogP contribution in [-0.4, -0.2) is 47.9 Å². The van der Waals surface area contributed by atoms with Crippen LogP contribution in [0.15, 0.2) is 24.5 Å². The number of methoxy groups -OCH3 is 1. The number of hydrogen-bond donors (Lipinski definition) is 1. The molecule has 0 saturated heterocycles. The minimum atomic E-state index is -0.315. The molecule has 1 rings (SSSR count). The Bertz CT molecular complexity index is 303. The van der Waals surface area contributed by atoms with Crippen molar-refractivity contribution >= 4 is 5.91 Å². The number of aliphatic hydroxyl groups is 1. The van der Waals surface area contributed by atoms with E-state index in [0.29, 0.717) is 18.7 Å². The number of ether oxygens (including phenoxy) is 1. The second kappa shape index (κ2) is 6.10. The summed E-state index contributed by atoms with van der Waals surface area (Å²) in [5.74, 6) is -0.225. The fraction of sp³-hybridized carbons (Fsp3) is 0.400. The van der Waals surface area contributed by atoms with Crippen molar-refractivity contribution in [3.63, 3.8) is 0 Å². The maximum atomic E-state index is 11.8. The number of aliphatic hydroxyl groups excluding tert-OH is 1. The second-order valence-corrected chi connectivity index (χ2v) is 2.94. The number of carbonyl (C=O) groups excluding carboxylic acids is 1. The summed E-state index contributed by atoms with van der Waals surface area (Å²) in [7, 11) is 1.55. The zero-order valence-corrected chi connectivity index (χ0v) is 8.59. The van der Waals surface area contributed by atoms with Gasteiger partial charge in [0.1, 0.15) is 6.73 Å². The van der Waals surface area contributed by atoms with Crippen molar-refractivity contribution < 1.29 is 14.6 Å². The first-order chi connectivity index (χ1) is 7.29. The molecule has 0 saturated carbocycles. The minimum Gasteiger partial charge on any atom is -0.383 e. The van der Waals surface area contributed by atoms with Crippen molar-refractivity contribution in [1.82, 2.24) is 9.88 Å². The highest BCUT2D eigenvalue weighted by atomic mass is 16.5. The molecular weight excluding hydrogens is 196 g/mol. The van der Waals surface area contributed by atoms with Gasteiger partial charge in [0, 0.05) is 31.6 Å². The Kier molecular flexibility index (Phi) is 4.73. The Labute approximate surface area is 88.3 Å². The Morgan fingerprint density at radius 1 is 1.53 bits per heavy atom. The van der Waals surface area contributed by atoms with Gasteiger partial charge in [-0.1, -0.05) is 0 Å². The Morgan fingerprint density at radius 2 is 2.20 bits per heavy atom. The topological polar surface area (TPSA) is 62.7 Å². The zero-order chi connectivity index (χ0) is 11.1. The molecule has 1 heterocycles. The molecule has 0 aliphatic carbocycles. The predicted octanol–water partition coefficient (Wildman–Crippen LogP) is 0.120.